The van der Waals surface area contributed by atoms with Crippen molar-refractivity contribution in [2.24, 2.45) is 4.99 Å². The first-order chi connectivity index (χ1) is 16.7. The van der Waals surface area contributed by atoms with Crippen LogP contribution in [0.25, 0.3) is 22.8 Å². The second-order valence-electron chi connectivity index (χ2n) is 7.74. The number of carbonyl (C=O) groups is 1. The van der Waals surface area contributed by atoms with E-state index in [1.807, 2.05) is 60.7 Å². The van der Waals surface area contributed by atoms with Crippen molar-refractivity contribution in [2.45, 2.75) is 0 Å². The summed E-state index contributed by atoms with van der Waals surface area (Å²) >= 11 is 0. The summed E-state index contributed by atoms with van der Waals surface area (Å²) < 4.78 is 22.9. The van der Waals surface area contributed by atoms with Crippen LogP contribution in [0.15, 0.2) is 82.2 Å². The average molecular weight is 456 g/mol. The molecule has 1 aromatic heterocycles. The van der Waals surface area contributed by atoms with Gasteiger partial charge in [0.1, 0.15) is 5.69 Å². The summed E-state index contributed by atoms with van der Waals surface area (Å²) in [5.41, 5.74) is 2.28. The molecule has 34 heavy (non-hydrogen) atoms. The van der Waals surface area contributed by atoms with Gasteiger partial charge in [0.25, 0.3) is 0 Å². The van der Waals surface area contributed by atoms with Crippen molar-refractivity contribution in [1.82, 2.24) is 4.90 Å². The van der Waals surface area contributed by atoms with Crippen molar-refractivity contribution in [3.05, 3.63) is 84.2 Å². The lowest BCUT2D eigenvalue weighted by Gasteiger charge is -2.25. The number of ether oxygens (including phenoxy) is 3. The fourth-order valence-corrected chi connectivity index (χ4v) is 3.83. The number of hydrogen-bond donors (Lipinski definition) is 0. The maximum Gasteiger partial charge on any atom is 0.246 e. The van der Waals surface area contributed by atoms with Crippen LogP contribution in [0.2, 0.25) is 0 Å². The Morgan fingerprint density at radius 1 is 1.06 bits per heavy atom. The Kier molecular flexibility index (Phi) is 6.27. The summed E-state index contributed by atoms with van der Waals surface area (Å²) in [6.07, 6.45) is 8.66. The van der Waals surface area contributed by atoms with Gasteiger partial charge in [0.15, 0.2) is 22.9 Å². The van der Waals surface area contributed by atoms with Crippen LogP contribution >= 0.6 is 0 Å². The number of rotatable bonds is 5. The number of methoxy groups -OCH3 is 1. The molecule has 7 heteroatoms. The Morgan fingerprint density at radius 3 is 2.68 bits per heavy atom. The second kappa shape index (κ2) is 9.80. The first-order valence-electron chi connectivity index (χ1n) is 11.1. The monoisotopic (exact) mass is 456 g/mol. The lowest BCUT2D eigenvalue weighted by atomic mass is 10.1. The average Bonchev–Trinajstić information content (AvgIpc) is 3.27. The highest BCUT2D eigenvalue weighted by Crippen LogP contribution is 2.44. The minimum absolute atomic E-state index is 0.0691. The van der Waals surface area contributed by atoms with Gasteiger partial charge in [-0.05, 0) is 29.8 Å². The van der Waals surface area contributed by atoms with Gasteiger partial charge in [0, 0.05) is 25.2 Å². The number of benzene rings is 2. The zero-order chi connectivity index (χ0) is 23.3. The van der Waals surface area contributed by atoms with Crippen LogP contribution in [0.1, 0.15) is 11.3 Å². The zero-order valence-corrected chi connectivity index (χ0v) is 18.8. The SMILES string of the molecule is COc1cccc2c3c(oc12)/C(=C/C=C/C(=O)N1CCOCC1)OC(/C=C/c1ccccc1)=N3. The molecule has 0 unspecified atom stereocenters. The van der Waals surface area contributed by atoms with Crippen LogP contribution in [0.4, 0.5) is 5.69 Å². The molecule has 7 nitrogen and oxygen atoms in total. The zero-order valence-electron chi connectivity index (χ0n) is 18.8. The van der Waals surface area contributed by atoms with Crippen molar-refractivity contribution < 1.29 is 23.4 Å². The molecular formula is C27H24N2O5. The Bertz CT molecular complexity index is 1310. The summed E-state index contributed by atoms with van der Waals surface area (Å²) in [6.45, 7) is 2.29. The number of carbonyl (C=O) groups excluding carboxylic acids is 1. The van der Waals surface area contributed by atoms with Gasteiger partial charge >= 0.3 is 0 Å². The fourth-order valence-electron chi connectivity index (χ4n) is 3.83. The first kappa shape index (κ1) is 21.7. The predicted molar refractivity (Wildman–Crippen MR) is 131 cm³/mol. The lowest BCUT2D eigenvalue weighted by Crippen LogP contribution is -2.39. The Hall–Kier alpha value is -4.10. The number of amides is 1. The van der Waals surface area contributed by atoms with Crippen LogP contribution < -0.4 is 4.74 Å². The van der Waals surface area contributed by atoms with E-state index in [1.54, 1.807) is 24.2 Å². The normalized spacial score (nSPS) is 17.3. The summed E-state index contributed by atoms with van der Waals surface area (Å²) in [5.74, 6) is 1.91. The molecule has 0 N–H and O–H groups in total. The lowest BCUT2D eigenvalue weighted by molar-refractivity contribution is -0.129. The molecular weight excluding hydrogens is 432 g/mol. The molecule has 1 saturated heterocycles. The highest BCUT2D eigenvalue weighted by atomic mass is 16.5. The van der Waals surface area contributed by atoms with Crippen LogP contribution in [-0.2, 0) is 14.3 Å². The van der Waals surface area contributed by atoms with Gasteiger partial charge in [0.05, 0.1) is 25.7 Å². The number of furan rings is 1. The second-order valence-corrected chi connectivity index (χ2v) is 7.74. The maximum atomic E-state index is 12.5. The minimum atomic E-state index is -0.0691. The third kappa shape index (κ3) is 4.51. The fraction of sp³-hybridized carbons (Fsp3) is 0.185. The molecule has 5 rings (SSSR count). The molecule has 172 valence electrons. The highest BCUT2D eigenvalue weighted by molar-refractivity contribution is 6.06. The standard InChI is InChI=1S/C27H24N2O5/c1-31-21-10-5-9-20-25-27(34-26(20)21)22(11-6-12-24(30)29-15-17-32-18-16-29)33-23(28-25)14-13-19-7-3-2-4-8-19/h2-14H,15-18H2,1H3/b12-6+,14-13+,22-11-. The van der Waals surface area contributed by atoms with Gasteiger partial charge in [-0.2, -0.15) is 0 Å². The van der Waals surface area contributed by atoms with E-state index in [2.05, 4.69) is 0 Å². The number of allylic oxidation sites excluding steroid dienone is 2. The summed E-state index contributed by atoms with van der Waals surface area (Å²) in [6, 6.07) is 15.6. The molecule has 0 aliphatic carbocycles. The third-order valence-corrected chi connectivity index (χ3v) is 5.56. The van der Waals surface area contributed by atoms with Crippen LogP contribution in [0, 0.1) is 0 Å². The van der Waals surface area contributed by atoms with E-state index in [1.165, 1.54) is 6.08 Å². The van der Waals surface area contributed by atoms with Gasteiger partial charge in [0.2, 0.25) is 11.8 Å². The van der Waals surface area contributed by atoms with E-state index < -0.39 is 0 Å². The molecule has 3 aromatic rings. The van der Waals surface area contributed by atoms with Crippen molar-refractivity contribution in [3.63, 3.8) is 0 Å². The highest BCUT2D eigenvalue weighted by Gasteiger charge is 2.26. The molecule has 0 spiro atoms. The summed E-state index contributed by atoms with van der Waals surface area (Å²) in [5, 5.41) is 0.822. The van der Waals surface area contributed by atoms with E-state index in [0.717, 1.165) is 10.9 Å². The Balaban J connectivity index is 1.50. The minimum Gasteiger partial charge on any atom is -0.493 e. The first-order valence-corrected chi connectivity index (χ1v) is 11.1. The van der Waals surface area contributed by atoms with E-state index in [0.29, 0.717) is 60.7 Å². The molecule has 2 aliphatic heterocycles. The van der Waals surface area contributed by atoms with Gasteiger partial charge in [-0.1, -0.05) is 42.5 Å². The third-order valence-electron chi connectivity index (χ3n) is 5.56. The van der Waals surface area contributed by atoms with Crippen LogP contribution in [0.3, 0.4) is 0 Å². The largest absolute Gasteiger partial charge is 0.493 e. The molecule has 0 saturated carbocycles. The molecule has 2 aliphatic rings. The predicted octanol–water partition coefficient (Wildman–Crippen LogP) is 4.97. The molecule has 3 heterocycles. The molecule has 0 radical (unpaired) electrons. The van der Waals surface area contributed by atoms with Crippen molar-refractivity contribution in [3.8, 4) is 5.75 Å². The number of para-hydroxylation sites is 1. The number of nitrogens with zero attached hydrogens (tertiary/aromatic N) is 2. The van der Waals surface area contributed by atoms with Crippen molar-refractivity contribution in [1.29, 1.82) is 0 Å². The van der Waals surface area contributed by atoms with E-state index in [9.17, 15) is 4.79 Å². The quantitative estimate of drug-likeness (QED) is 0.507. The van der Waals surface area contributed by atoms with E-state index >= 15 is 0 Å². The Labute approximate surface area is 197 Å². The van der Waals surface area contributed by atoms with Crippen molar-refractivity contribution >= 4 is 40.3 Å². The maximum absolute atomic E-state index is 12.5. The summed E-state index contributed by atoms with van der Waals surface area (Å²) in [4.78, 5) is 18.9. The number of morpholine rings is 1. The van der Waals surface area contributed by atoms with Crippen LogP contribution in [-0.4, -0.2) is 50.1 Å². The number of fused-ring (bicyclic) bond motifs is 3. The van der Waals surface area contributed by atoms with E-state index in [-0.39, 0.29) is 5.91 Å². The molecule has 1 amide bonds. The van der Waals surface area contributed by atoms with Gasteiger partial charge in [-0.15, -0.1) is 0 Å². The number of hydrogen-bond acceptors (Lipinski definition) is 6. The van der Waals surface area contributed by atoms with Gasteiger partial charge in [-0.3, -0.25) is 4.79 Å². The molecule has 1 fully saturated rings. The molecule has 0 bridgehead atoms. The van der Waals surface area contributed by atoms with Gasteiger partial charge < -0.3 is 23.5 Å². The Morgan fingerprint density at radius 2 is 1.88 bits per heavy atom. The molecule has 2 aromatic carbocycles. The molecule has 0 atom stereocenters. The topological polar surface area (TPSA) is 73.5 Å². The summed E-state index contributed by atoms with van der Waals surface area (Å²) in [7, 11) is 1.60. The smallest absolute Gasteiger partial charge is 0.246 e. The van der Waals surface area contributed by atoms with Crippen molar-refractivity contribution in [2.75, 3.05) is 33.4 Å². The van der Waals surface area contributed by atoms with E-state index in [4.69, 9.17) is 23.6 Å². The number of aliphatic imine (C=N–C) groups is 1. The van der Waals surface area contributed by atoms with Gasteiger partial charge in [-0.25, -0.2) is 4.99 Å². The van der Waals surface area contributed by atoms with Crippen LogP contribution in [0.5, 0.6) is 5.75 Å².